The molecule has 0 spiro atoms. The summed E-state index contributed by atoms with van der Waals surface area (Å²) in [7, 11) is 1.54. The van der Waals surface area contributed by atoms with Crippen molar-refractivity contribution in [3.63, 3.8) is 0 Å². The van der Waals surface area contributed by atoms with Crippen molar-refractivity contribution in [3.05, 3.63) is 21.1 Å². The van der Waals surface area contributed by atoms with Gasteiger partial charge in [-0.05, 0) is 12.8 Å². The molecular weight excluding hydrogens is 298 g/mol. The van der Waals surface area contributed by atoms with Gasteiger partial charge in [-0.25, -0.2) is 9.78 Å². The van der Waals surface area contributed by atoms with E-state index in [1.807, 2.05) is 4.90 Å². The maximum Gasteiger partial charge on any atom is 0.404 e. The van der Waals surface area contributed by atoms with Gasteiger partial charge in [0.15, 0.2) is 5.69 Å². The fourth-order valence-corrected chi connectivity index (χ4v) is 2.53. The summed E-state index contributed by atoms with van der Waals surface area (Å²) in [5.74, 6) is 0.370. The topological polar surface area (TPSA) is 111 Å². The first-order valence-corrected chi connectivity index (χ1v) is 6.73. The van der Waals surface area contributed by atoms with Crippen LogP contribution in [0.25, 0.3) is 0 Å². The van der Waals surface area contributed by atoms with E-state index in [1.54, 1.807) is 13.1 Å². The highest BCUT2D eigenvalue weighted by atomic mass is 35.5. The Hall–Kier alpha value is -2.27. The number of rotatable bonds is 2. The lowest BCUT2D eigenvalue weighted by Crippen LogP contribution is -2.46. The zero-order valence-electron chi connectivity index (χ0n) is 11.3. The zero-order valence-corrected chi connectivity index (χ0v) is 12.1. The van der Waals surface area contributed by atoms with Crippen molar-refractivity contribution in [3.8, 4) is 6.07 Å². The first-order valence-electron chi connectivity index (χ1n) is 6.35. The molecule has 1 aromatic heterocycles. The van der Waals surface area contributed by atoms with Gasteiger partial charge in [0.25, 0.3) is 5.56 Å². The minimum atomic E-state index is -1.04. The van der Waals surface area contributed by atoms with Crippen molar-refractivity contribution in [1.29, 1.82) is 5.26 Å². The second-order valence-electron chi connectivity index (χ2n) is 4.76. The van der Waals surface area contributed by atoms with Gasteiger partial charge in [-0.2, -0.15) is 5.26 Å². The maximum atomic E-state index is 11.9. The van der Waals surface area contributed by atoms with Gasteiger partial charge in [0.05, 0.1) is 0 Å². The number of hydrogen-bond acceptors (Lipinski definition) is 5. The second-order valence-corrected chi connectivity index (χ2v) is 5.14. The van der Waals surface area contributed by atoms with Gasteiger partial charge in [0.1, 0.15) is 11.1 Å². The quantitative estimate of drug-likeness (QED) is 0.824. The molecule has 21 heavy (non-hydrogen) atoms. The molecule has 2 heterocycles. The summed E-state index contributed by atoms with van der Waals surface area (Å²) in [6, 6.07) is 1.69. The Morgan fingerprint density at radius 3 is 2.67 bits per heavy atom. The summed E-state index contributed by atoms with van der Waals surface area (Å²) in [4.78, 5) is 28.5. The molecule has 1 fully saturated rings. The number of carbonyl (C=O) groups is 1. The Kier molecular flexibility index (Phi) is 4.33. The van der Waals surface area contributed by atoms with Crippen LogP contribution in [-0.2, 0) is 7.05 Å². The Balaban J connectivity index is 2.21. The molecule has 9 heteroatoms. The van der Waals surface area contributed by atoms with Crippen molar-refractivity contribution < 1.29 is 9.90 Å². The number of piperidine rings is 1. The molecule has 0 aromatic carbocycles. The molecule has 0 saturated carbocycles. The molecule has 8 nitrogen and oxygen atoms in total. The summed E-state index contributed by atoms with van der Waals surface area (Å²) in [5.41, 5.74) is -0.565. The van der Waals surface area contributed by atoms with Crippen LogP contribution in [0.15, 0.2) is 4.79 Å². The highest BCUT2D eigenvalue weighted by molar-refractivity contribution is 6.31. The molecule has 1 saturated heterocycles. The minimum absolute atomic E-state index is 0.0967. The number of halogens is 1. The average Bonchev–Trinajstić information content (AvgIpc) is 2.46. The smallest absolute Gasteiger partial charge is 0.404 e. The highest BCUT2D eigenvalue weighted by Crippen LogP contribution is 2.19. The predicted molar refractivity (Wildman–Crippen MR) is 75.6 cm³/mol. The van der Waals surface area contributed by atoms with E-state index in [0.29, 0.717) is 31.9 Å². The van der Waals surface area contributed by atoms with Gasteiger partial charge in [0, 0.05) is 26.2 Å². The van der Waals surface area contributed by atoms with Crippen LogP contribution in [0.5, 0.6) is 0 Å². The summed E-state index contributed by atoms with van der Waals surface area (Å²) < 4.78 is 1.30. The Morgan fingerprint density at radius 1 is 1.52 bits per heavy atom. The molecule has 0 bridgehead atoms. The van der Waals surface area contributed by atoms with Crippen molar-refractivity contribution in [2.75, 3.05) is 18.0 Å². The van der Waals surface area contributed by atoms with E-state index in [0.717, 1.165) is 0 Å². The molecule has 1 aliphatic heterocycles. The third-order valence-corrected chi connectivity index (χ3v) is 3.76. The monoisotopic (exact) mass is 311 g/mol. The Labute approximate surface area is 125 Å². The van der Waals surface area contributed by atoms with Crippen LogP contribution >= 0.6 is 11.6 Å². The van der Waals surface area contributed by atoms with Crippen molar-refractivity contribution in [2.24, 2.45) is 7.05 Å². The molecule has 0 radical (unpaired) electrons. The normalized spacial score (nSPS) is 15.6. The van der Waals surface area contributed by atoms with Crippen molar-refractivity contribution >= 4 is 23.6 Å². The predicted octanol–water partition coefficient (Wildman–Crippen LogP) is 0.542. The average molecular weight is 312 g/mol. The van der Waals surface area contributed by atoms with Crippen LogP contribution < -0.4 is 15.8 Å². The molecule has 1 aliphatic rings. The van der Waals surface area contributed by atoms with Crippen molar-refractivity contribution in [2.45, 2.75) is 18.9 Å². The Bertz CT molecular complexity index is 658. The first-order chi connectivity index (χ1) is 9.93. The standard InChI is InChI=1S/C12H14ClN5O3/c1-17-10(19)9(13)8(6-14)16-11(17)18-4-2-7(3-5-18)15-12(20)21/h7,15H,2-5H2,1H3,(H,20,21). The summed E-state index contributed by atoms with van der Waals surface area (Å²) >= 11 is 5.78. The third-order valence-electron chi connectivity index (χ3n) is 3.42. The van der Waals surface area contributed by atoms with Crippen LogP contribution in [0.1, 0.15) is 18.5 Å². The van der Waals surface area contributed by atoms with E-state index in [9.17, 15) is 9.59 Å². The third kappa shape index (κ3) is 3.08. The van der Waals surface area contributed by atoms with Gasteiger partial charge in [-0.15, -0.1) is 0 Å². The maximum absolute atomic E-state index is 11.9. The number of hydrogen-bond donors (Lipinski definition) is 2. The number of carboxylic acid groups (broad SMARTS) is 1. The molecule has 2 N–H and O–H groups in total. The van der Waals surface area contributed by atoms with Crippen LogP contribution in [-0.4, -0.2) is 39.9 Å². The number of nitrogens with one attached hydrogen (secondary N) is 1. The summed E-state index contributed by atoms with van der Waals surface area (Å²) in [6.45, 7) is 1.08. The Morgan fingerprint density at radius 2 is 2.14 bits per heavy atom. The largest absolute Gasteiger partial charge is 0.465 e. The fraction of sp³-hybridized carbons (Fsp3) is 0.500. The fourth-order valence-electron chi connectivity index (χ4n) is 2.32. The molecule has 1 aromatic rings. The SMILES string of the molecule is Cn1c(N2CCC(NC(=O)O)CC2)nc(C#N)c(Cl)c1=O. The van der Waals surface area contributed by atoms with Crippen LogP contribution in [0.2, 0.25) is 5.02 Å². The van der Waals surface area contributed by atoms with Crippen molar-refractivity contribution in [1.82, 2.24) is 14.9 Å². The lowest BCUT2D eigenvalue weighted by molar-refractivity contribution is 0.187. The van der Waals surface area contributed by atoms with E-state index >= 15 is 0 Å². The second kappa shape index (κ2) is 6.01. The minimum Gasteiger partial charge on any atom is -0.465 e. The molecule has 112 valence electrons. The number of anilines is 1. The summed E-state index contributed by atoms with van der Waals surface area (Å²) in [6.07, 6.45) is 0.163. The van der Waals surface area contributed by atoms with E-state index in [1.165, 1.54) is 4.57 Å². The van der Waals surface area contributed by atoms with Crippen LogP contribution in [0, 0.1) is 11.3 Å². The van der Waals surface area contributed by atoms with Gasteiger partial charge >= 0.3 is 6.09 Å². The van der Waals surface area contributed by atoms with Gasteiger partial charge < -0.3 is 15.3 Å². The molecule has 0 atom stereocenters. The van der Waals surface area contributed by atoms with E-state index in [-0.39, 0.29) is 16.8 Å². The number of nitriles is 1. The number of aromatic nitrogens is 2. The highest BCUT2D eigenvalue weighted by Gasteiger charge is 2.24. The van der Waals surface area contributed by atoms with Gasteiger partial charge in [0.2, 0.25) is 5.95 Å². The number of nitrogens with zero attached hydrogens (tertiary/aromatic N) is 4. The van der Waals surface area contributed by atoms with Gasteiger partial charge in [-0.1, -0.05) is 11.6 Å². The molecule has 1 amide bonds. The summed E-state index contributed by atoms with van der Waals surface area (Å²) in [5, 5.41) is 19.9. The lowest BCUT2D eigenvalue weighted by Gasteiger charge is -2.33. The van der Waals surface area contributed by atoms with E-state index in [4.69, 9.17) is 22.0 Å². The van der Waals surface area contributed by atoms with E-state index in [2.05, 4.69) is 10.3 Å². The zero-order chi connectivity index (χ0) is 15.6. The molecule has 2 rings (SSSR count). The van der Waals surface area contributed by atoms with Gasteiger partial charge in [-0.3, -0.25) is 9.36 Å². The molecule has 0 unspecified atom stereocenters. The lowest BCUT2D eigenvalue weighted by atomic mass is 10.1. The van der Waals surface area contributed by atoms with E-state index < -0.39 is 11.7 Å². The number of amides is 1. The molecular formula is C12H14ClN5O3. The van der Waals surface area contributed by atoms with Crippen LogP contribution in [0.4, 0.5) is 10.7 Å². The van der Waals surface area contributed by atoms with Crippen LogP contribution in [0.3, 0.4) is 0 Å². The molecule has 0 aliphatic carbocycles. The first kappa shape index (κ1) is 15.1.